The molecule has 2 atom stereocenters. The average molecular weight is 263 g/mol. The van der Waals surface area contributed by atoms with Gasteiger partial charge in [-0.25, -0.2) is 0 Å². The molecule has 1 aromatic carbocycles. The van der Waals surface area contributed by atoms with E-state index < -0.39 is 0 Å². The Kier molecular flexibility index (Phi) is 4.39. The fourth-order valence-corrected chi connectivity index (χ4v) is 2.51. The van der Waals surface area contributed by atoms with Crippen molar-refractivity contribution >= 4 is 5.91 Å². The molecule has 3 N–H and O–H groups in total. The molecule has 1 aromatic rings. The highest BCUT2D eigenvalue weighted by atomic mass is 16.5. The van der Waals surface area contributed by atoms with Gasteiger partial charge in [-0.05, 0) is 24.6 Å². The number of carbonyl (C=O) groups is 1. The third kappa shape index (κ3) is 2.88. The first-order chi connectivity index (χ1) is 9.17. The highest BCUT2D eigenvalue weighted by molar-refractivity contribution is 5.82. The largest absolute Gasteiger partial charge is 0.497 e. The summed E-state index contributed by atoms with van der Waals surface area (Å²) in [6, 6.07) is 7.78. The van der Waals surface area contributed by atoms with Crippen molar-refractivity contribution < 1.29 is 9.53 Å². The van der Waals surface area contributed by atoms with E-state index in [1.54, 1.807) is 7.11 Å². The van der Waals surface area contributed by atoms with Crippen molar-refractivity contribution in [2.24, 2.45) is 5.73 Å². The highest BCUT2D eigenvalue weighted by Crippen LogP contribution is 2.25. The summed E-state index contributed by atoms with van der Waals surface area (Å²) in [4.78, 5) is 13.9. The number of ether oxygens (including phenoxy) is 1. The fourth-order valence-electron chi connectivity index (χ4n) is 2.51. The number of hydrogen-bond acceptors (Lipinski definition) is 4. The zero-order valence-electron chi connectivity index (χ0n) is 11.4. The number of hydrogen-bond donors (Lipinski definition) is 2. The van der Waals surface area contributed by atoms with Gasteiger partial charge >= 0.3 is 0 Å². The van der Waals surface area contributed by atoms with Gasteiger partial charge in [0.15, 0.2) is 0 Å². The molecular formula is C14H21N3O2. The minimum absolute atomic E-state index is 0.0620. The SMILES string of the molecule is COc1ccc(C(CN)N2CCNC(=O)C2C)cc1. The Morgan fingerprint density at radius 1 is 1.47 bits per heavy atom. The monoisotopic (exact) mass is 263 g/mol. The van der Waals surface area contributed by atoms with Gasteiger partial charge in [0.05, 0.1) is 13.2 Å². The zero-order chi connectivity index (χ0) is 13.8. The molecule has 0 radical (unpaired) electrons. The van der Waals surface area contributed by atoms with Gasteiger partial charge in [-0.15, -0.1) is 0 Å². The van der Waals surface area contributed by atoms with Gasteiger partial charge in [0.2, 0.25) is 5.91 Å². The molecule has 104 valence electrons. The number of methoxy groups -OCH3 is 1. The highest BCUT2D eigenvalue weighted by Gasteiger charge is 2.31. The summed E-state index contributed by atoms with van der Waals surface area (Å²) in [6.45, 7) is 3.90. The first-order valence-corrected chi connectivity index (χ1v) is 6.55. The van der Waals surface area contributed by atoms with Crippen molar-refractivity contribution in [1.29, 1.82) is 0 Å². The molecule has 1 fully saturated rings. The molecule has 0 aromatic heterocycles. The Bertz CT molecular complexity index is 433. The molecule has 0 aliphatic carbocycles. The lowest BCUT2D eigenvalue weighted by Crippen LogP contribution is -2.55. The first-order valence-electron chi connectivity index (χ1n) is 6.55. The van der Waals surface area contributed by atoms with Crippen LogP contribution in [0.25, 0.3) is 0 Å². The summed E-state index contributed by atoms with van der Waals surface area (Å²) in [6.07, 6.45) is 0. The molecule has 5 nitrogen and oxygen atoms in total. The Hall–Kier alpha value is -1.59. The van der Waals surface area contributed by atoms with E-state index in [4.69, 9.17) is 10.5 Å². The first kappa shape index (κ1) is 13.8. The van der Waals surface area contributed by atoms with Crippen LogP contribution >= 0.6 is 0 Å². The summed E-state index contributed by atoms with van der Waals surface area (Å²) in [5.41, 5.74) is 7.02. The molecule has 1 heterocycles. The van der Waals surface area contributed by atoms with Crippen LogP contribution in [0.5, 0.6) is 5.75 Å². The van der Waals surface area contributed by atoms with Gasteiger partial charge in [0.1, 0.15) is 5.75 Å². The van der Waals surface area contributed by atoms with Gasteiger partial charge < -0.3 is 15.8 Å². The van der Waals surface area contributed by atoms with Gasteiger partial charge in [-0.2, -0.15) is 0 Å². The lowest BCUT2D eigenvalue weighted by Gasteiger charge is -2.38. The van der Waals surface area contributed by atoms with Gasteiger partial charge in [-0.1, -0.05) is 12.1 Å². The molecule has 0 bridgehead atoms. The van der Waals surface area contributed by atoms with Gasteiger partial charge in [0, 0.05) is 25.7 Å². The van der Waals surface area contributed by atoms with E-state index in [1.807, 2.05) is 31.2 Å². The molecule has 0 spiro atoms. The Balaban J connectivity index is 2.20. The van der Waals surface area contributed by atoms with Crippen molar-refractivity contribution in [2.45, 2.75) is 19.0 Å². The molecule has 2 unspecified atom stereocenters. The third-order valence-corrected chi connectivity index (χ3v) is 3.67. The minimum Gasteiger partial charge on any atom is -0.497 e. The summed E-state index contributed by atoms with van der Waals surface area (Å²) < 4.78 is 5.16. The van der Waals surface area contributed by atoms with Crippen LogP contribution in [0.15, 0.2) is 24.3 Å². The van der Waals surface area contributed by atoms with Crippen molar-refractivity contribution in [2.75, 3.05) is 26.7 Å². The van der Waals surface area contributed by atoms with Gasteiger partial charge in [0.25, 0.3) is 0 Å². The van der Waals surface area contributed by atoms with Crippen molar-refractivity contribution in [3.63, 3.8) is 0 Å². The Morgan fingerprint density at radius 2 is 2.16 bits per heavy atom. The number of nitrogens with zero attached hydrogens (tertiary/aromatic N) is 1. The maximum absolute atomic E-state index is 11.7. The normalized spacial score (nSPS) is 21.8. The van der Waals surface area contributed by atoms with E-state index >= 15 is 0 Å². The summed E-state index contributed by atoms with van der Waals surface area (Å²) in [5, 5.41) is 2.87. The van der Waals surface area contributed by atoms with E-state index in [-0.39, 0.29) is 18.0 Å². The van der Waals surface area contributed by atoms with Gasteiger partial charge in [-0.3, -0.25) is 9.69 Å². The third-order valence-electron chi connectivity index (χ3n) is 3.67. The molecule has 5 heteroatoms. The van der Waals surface area contributed by atoms with Crippen LogP contribution in [-0.4, -0.2) is 43.6 Å². The van der Waals surface area contributed by atoms with E-state index in [0.29, 0.717) is 13.1 Å². The van der Waals surface area contributed by atoms with Crippen LogP contribution in [0.2, 0.25) is 0 Å². The van der Waals surface area contributed by atoms with Crippen LogP contribution in [0, 0.1) is 0 Å². The van der Waals surface area contributed by atoms with Crippen LogP contribution in [0.3, 0.4) is 0 Å². The lowest BCUT2D eigenvalue weighted by molar-refractivity contribution is -0.129. The molecule has 2 rings (SSSR count). The van der Waals surface area contributed by atoms with Crippen LogP contribution in [0.1, 0.15) is 18.5 Å². The van der Waals surface area contributed by atoms with E-state index in [1.165, 1.54) is 0 Å². The smallest absolute Gasteiger partial charge is 0.237 e. The second-order valence-electron chi connectivity index (χ2n) is 4.73. The van der Waals surface area contributed by atoms with E-state index in [2.05, 4.69) is 10.2 Å². The van der Waals surface area contributed by atoms with Crippen molar-refractivity contribution in [3.05, 3.63) is 29.8 Å². The number of nitrogens with two attached hydrogens (primary N) is 1. The predicted molar refractivity (Wildman–Crippen MR) is 74.0 cm³/mol. The van der Waals surface area contributed by atoms with Crippen LogP contribution in [0.4, 0.5) is 0 Å². The van der Waals surface area contributed by atoms with Crippen molar-refractivity contribution in [1.82, 2.24) is 10.2 Å². The molecule has 0 saturated carbocycles. The second-order valence-corrected chi connectivity index (χ2v) is 4.73. The second kappa shape index (κ2) is 6.04. The summed E-state index contributed by atoms with van der Waals surface area (Å²) >= 11 is 0. The number of rotatable bonds is 4. The fraction of sp³-hybridized carbons (Fsp3) is 0.500. The number of nitrogens with one attached hydrogen (secondary N) is 1. The predicted octanol–water partition coefficient (Wildman–Crippen LogP) is 0.515. The zero-order valence-corrected chi connectivity index (χ0v) is 11.4. The average Bonchev–Trinajstić information content (AvgIpc) is 2.45. The van der Waals surface area contributed by atoms with E-state index in [9.17, 15) is 4.79 Å². The molecule has 1 saturated heterocycles. The maximum atomic E-state index is 11.7. The standard InChI is InChI=1S/C14H21N3O2/c1-10-14(18)16-7-8-17(10)13(9-15)11-3-5-12(19-2)6-4-11/h3-6,10,13H,7-9,15H2,1-2H3,(H,16,18). The molecule has 1 amide bonds. The van der Waals surface area contributed by atoms with Crippen molar-refractivity contribution in [3.8, 4) is 5.75 Å². The molecule has 1 aliphatic rings. The summed E-state index contributed by atoms with van der Waals surface area (Å²) in [5.74, 6) is 0.891. The molecule has 1 aliphatic heterocycles. The molecule has 19 heavy (non-hydrogen) atoms. The topological polar surface area (TPSA) is 67.6 Å². The Morgan fingerprint density at radius 3 is 2.74 bits per heavy atom. The number of benzene rings is 1. The maximum Gasteiger partial charge on any atom is 0.237 e. The quantitative estimate of drug-likeness (QED) is 0.831. The minimum atomic E-state index is -0.149. The van der Waals surface area contributed by atoms with Crippen LogP contribution < -0.4 is 15.8 Å². The Labute approximate surface area is 113 Å². The number of piperazine rings is 1. The van der Waals surface area contributed by atoms with Crippen LogP contribution in [-0.2, 0) is 4.79 Å². The lowest BCUT2D eigenvalue weighted by atomic mass is 10.0. The number of carbonyl (C=O) groups excluding carboxylic acids is 1. The van der Waals surface area contributed by atoms with E-state index in [0.717, 1.165) is 17.9 Å². The molecular weight excluding hydrogens is 242 g/mol. The number of amides is 1. The summed E-state index contributed by atoms with van der Waals surface area (Å²) in [7, 11) is 1.65.